The number of ether oxygens (including phenoxy) is 6. The molecule has 0 fully saturated rings. The van der Waals surface area contributed by atoms with E-state index in [4.69, 9.17) is 28.4 Å². The fraction of sp³-hybridized carbons (Fsp3) is 0.222. The molecule has 4 rings (SSSR count). The second-order valence-corrected chi connectivity index (χ2v) is 14.0. The zero-order valence-electron chi connectivity index (χ0n) is 27.7. The van der Waals surface area contributed by atoms with E-state index in [1.165, 1.54) is 97.3 Å². The Morgan fingerprint density at radius 1 is 0.353 bits per heavy atom. The van der Waals surface area contributed by atoms with Crippen LogP contribution in [0.15, 0.2) is 54.6 Å². The predicted octanol–water partition coefficient (Wildman–Crippen LogP) is 2.23. The summed E-state index contributed by atoms with van der Waals surface area (Å²) in [7, 11) is -5.60. The van der Waals surface area contributed by atoms with Crippen molar-refractivity contribution in [3.63, 3.8) is 0 Å². The van der Waals surface area contributed by atoms with Crippen molar-refractivity contribution in [1.82, 2.24) is 15.0 Å². The van der Waals surface area contributed by atoms with Crippen LogP contribution in [0.25, 0.3) is 0 Å². The van der Waals surface area contributed by atoms with Crippen LogP contribution >= 0.6 is 0 Å². The predicted molar refractivity (Wildman–Crippen MR) is 187 cm³/mol. The number of hydrogen-bond donors (Lipinski definition) is 6. The Bertz CT molecular complexity index is 1880. The van der Waals surface area contributed by atoms with Crippen LogP contribution in [0.2, 0.25) is 0 Å². The maximum atomic E-state index is 13.1. The van der Waals surface area contributed by atoms with Gasteiger partial charge < -0.3 is 28.4 Å². The van der Waals surface area contributed by atoms with Gasteiger partial charge in [-0.05, 0) is 0 Å². The van der Waals surface area contributed by atoms with E-state index in [1.807, 2.05) is 14.2 Å². The van der Waals surface area contributed by atoms with E-state index < -0.39 is 48.5 Å². The van der Waals surface area contributed by atoms with E-state index in [0.717, 1.165) is 0 Å². The normalized spacial score (nSPS) is 11.4. The summed E-state index contributed by atoms with van der Waals surface area (Å²) in [6.45, 7) is 0. The van der Waals surface area contributed by atoms with Crippen LogP contribution in [0.5, 0.6) is 34.5 Å². The van der Waals surface area contributed by atoms with Crippen LogP contribution in [0.4, 0.5) is 34.9 Å². The van der Waals surface area contributed by atoms with Gasteiger partial charge in [-0.15, -0.1) is 0 Å². The first-order chi connectivity index (χ1) is 24.1. The molecule has 0 unspecified atom stereocenters. The first kappa shape index (κ1) is 37.9. The molecule has 276 valence electrons. The van der Waals surface area contributed by atoms with E-state index in [9.17, 15) is 25.3 Å². The average molecular weight is 772 g/mol. The summed E-state index contributed by atoms with van der Waals surface area (Å²) < 4.78 is 122. The summed E-state index contributed by atoms with van der Waals surface area (Å²) in [5, 5.41) is 0. The molecule has 0 bridgehead atoms. The van der Waals surface area contributed by atoms with Crippen molar-refractivity contribution in [2.75, 3.05) is 71.0 Å². The van der Waals surface area contributed by atoms with Gasteiger partial charge in [0.05, 0.1) is 59.7 Å². The van der Waals surface area contributed by atoms with E-state index in [1.54, 1.807) is 0 Å². The highest BCUT2D eigenvalue weighted by atomic mass is 32.2. The van der Waals surface area contributed by atoms with Crippen LogP contribution in [-0.4, -0.2) is 82.9 Å². The number of aromatic nitrogens is 3. The highest BCUT2D eigenvalue weighted by Gasteiger charge is 2.22. The molecule has 0 saturated carbocycles. The first-order valence-electron chi connectivity index (χ1n) is 13.9. The van der Waals surface area contributed by atoms with Crippen molar-refractivity contribution in [2.24, 2.45) is 0 Å². The molecular formula is C27H33N9O12S3. The number of nitrogens with one attached hydrogen (secondary N) is 6. The molecule has 51 heavy (non-hydrogen) atoms. The summed E-state index contributed by atoms with van der Waals surface area (Å²) >= 11 is 0. The van der Waals surface area contributed by atoms with Gasteiger partial charge >= 0.3 is 30.6 Å². The lowest BCUT2D eigenvalue weighted by atomic mass is 10.3. The molecule has 0 aliphatic heterocycles. The largest absolute Gasteiger partial charge is 0.497 e. The van der Waals surface area contributed by atoms with Crippen LogP contribution in [-0.2, 0) is 30.6 Å². The number of methoxy groups -OCH3 is 6. The average Bonchev–Trinajstić information content (AvgIpc) is 3.05. The van der Waals surface area contributed by atoms with Crippen molar-refractivity contribution >= 4 is 65.5 Å². The van der Waals surface area contributed by atoms with Gasteiger partial charge in [-0.25, -0.2) is 14.2 Å². The third-order valence-electron chi connectivity index (χ3n) is 6.12. The van der Waals surface area contributed by atoms with Gasteiger partial charge in [-0.3, -0.25) is 14.2 Å². The number of nitrogens with zero attached hydrogens (tertiary/aromatic N) is 3. The van der Waals surface area contributed by atoms with Gasteiger partial charge in [0.15, 0.2) is 0 Å². The number of benzene rings is 3. The van der Waals surface area contributed by atoms with Gasteiger partial charge in [-0.2, -0.15) is 40.2 Å². The third-order valence-corrected chi connectivity index (χ3v) is 8.99. The first-order valence-corrected chi connectivity index (χ1v) is 18.4. The monoisotopic (exact) mass is 771 g/mol. The van der Waals surface area contributed by atoms with Crippen molar-refractivity contribution in [3.05, 3.63) is 54.6 Å². The molecular weight excluding hydrogens is 739 g/mol. The van der Waals surface area contributed by atoms with E-state index in [-0.39, 0.29) is 51.6 Å². The van der Waals surface area contributed by atoms with Gasteiger partial charge in [0.2, 0.25) is 17.8 Å². The topological polar surface area (TPSA) is 269 Å². The molecule has 0 spiro atoms. The molecule has 0 amide bonds. The Kier molecular flexibility index (Phi) is 11.7. The molecule has 0 saturated heterocycles. The fourth-order valence-electron chi connectivity index (χ4n) is 4.01. The Balaban J connectivity index is 1.68. The van der Waals surface area contributed by atoms with Crippen molar-refractivity contribution in [2.45, 2.75) is 0 Å². The third kappa shape index (κ3) is 11.1. The number of rotatable bonds is 18. The molecule has 24 heteroatoms. The minimum absolute atomic E-state index is 0.00885. The quantitative estimate of drug-likeness (QED) is 0.0847. The van der Waals surface area contributed by atoms with Crippen LogP contribution in [0, 0.1) is 0 Å². The second-order valence-electron chi connectivity index (χ2n) is 9.73. The molecule has 21 nitrogen and oxygen atoms in total. The van der Waals surface area contributed by atoms with Gasteiger partial charge in [0.1, 0.15) is 34.5 Å². The van der Waals surface area contributed by atoms with Crippen molar-refractivity contribution in [3.8, 4) is 34.5 Å². The van der Waals surface area contributed by atoms with Crippen LogP contribution < -0.4 is 56.8 Å². The summed E-state index contributed by atoms with van der Waals surface area (Å²) in [4.78, 5) is 11.4. The molecule has 4 aromatic rings. The maximum Gasteiger partial charge on any atom is 0.323 e. The minimum Gasteiger partial charge on any atom is -0.497 e. The SMILES string of the molecule is COc1cc(NS(=O)(=O)Nc2nc(NS(=O)(=O)Nc3cc(OC)cc(OC)c3)nc(NS(=O)(=O)Nc3cc(OC)cc(OC)c3)n2)cc(OC)c1. The molecule has 1 aromatic heterocycles. The van der Waals surface area contributed by atoms with E-state index in [2.05, 4.69) is 29.1 Å². The summed E-state index contributed by atoms with van der Waals surface area (Å²) in [6.07, 6.45) is 0. The summed E-state index contributed by atoms with van der Waals surface area (Å²) in [6, 6.07) is 12.5. The van der Waals surface area contributed by atoms with Crippen LogP contribution in [0.3, 0.4) is 0 Å². The van der Waals surface area contributed by atoms with E-state index in [0.29, 0.717) is 0 Å². The highest BCUT2D eigenvalue weighted by Crippen LogP contribution is 2.29. The Labute approximate surface area is 293 Å². The Hall–Kier alpha value is -5.88. The smallest absolute Gasteiger partial charge is 0.323 e. The molecule has 0 aliphatic carbocycles. The molecule has 1 heterocycles. The zero-order chi connectivity index (χ0) is 37.4. The van der Waals surface area contributed by atoms with Gasteiger partial charge in [-0.1, -0.05) is 0 Å². The maximum absolute atomic E-state index is 13.1. The lowest BCUT2D eigenvalue weighted by Crippen LogP contribution is -2.27. The highest BCUT2D eigenvalue weighted by molar-refractivity contribution is 7.94. The fourth-order valence-corrected chi connectivity index (χ4v) is 6.45. The number of anilines is 6. The number of hydrogen-bond acceptors (Lipinski definition) is 15. The van der Waals surface area contributed by atoms with Crippen molar-refractivity contribution in [1.29, 1.82) is 0 Å². The summed E-state index contributed by atoms with van der Waals surface area (Å²) in [5.74, 6) is -0.918. The standard InChI is InChI=1S/C27H33N9O12S3/c1-43-19-7-16(8-20(13-19)44-2)31-49(37,38)34-25-28-26(35-50(39,40)32-17-9-21(45-3)14-22(10-17)46-4)30-27(29-25)36-51(41,42)33-18-11-23(47-5)15-24(12-18)48-6/h7-15,31-33H,1-6H3,(H3,28,29,30,34,35,36). The van der Waals surface area contributed by atoms with Crippen LogP contribution in [0.1, 0.15) is 0 Å². The molecule has 0 atom stereocenters. The lowest BCUT2D eigenvalue weighted by molar-refractivity contribution is 0.394. The lowest BCUT2D eigenvalue weighted by Gasteiger charge is -2.15. The van der Waals surface area contributed by atoms with E-state index >= 15 is 0 Å². The molecule has 0 aliphatic rings. The zero-order valence-corrected chi connectivity index (χ0v) is 30.1. The minimum atomic E-state index is -4.59. The van der Waals surface area contributed by atoms with Gasteiger partial charge in [0, 0.05) is 54.6 Å². The summed E-state index contributed by atoms with van der Waals surface area (Å²) in [5.41, 5.74) is -0.0265. The molecule has 3 aromatic carbocycles. The van der Waals surface area contributed by atoms with Crippen molar-refractivity contribution < 1.29 is 53.7 Å². The van der Waals surface area contributed by atoms with Gasteiger partial charge in [0.25, 0.3) is 0 Å². The Morgan fingerprint density at radius 3 is 0.725 bits per heavy atom. The second kappa shape index (κ2) is 15.8. The molecule has 0 radical (unpaired) electrons. The molecule has 6 N–H and O–H groups in total. The Morgan fingerprint density at radius 2 is 0.549 bits per heavy atom.